The molecule has 0 bridgehead atoms. The van der Waals surface area contributed by atoms with E-state index in [0.717, 1.165) is 13.0 Å². The van der Waals surface area contributed by atoms with E-state index in [1.54, 1.807) is 0 Å². The number of halogens is 2. The maximum atomic E-state index is 4.81. The van der Waals surface area contributed by atoms with E-state index in [9.17, 15) is 0 Å². The van der Waals surface area contributed by atoms with E-state index in [-0.39, 0.29) is 15.9 Å². The number of pyridine rings is 1. The van der Waals surface area contributed by atoms with Gasteiger partial charge in [0.05, 0.1) is 6.04 Å². The Balaban J connectivity index is 0.000000293. The number of aliphatic imine (C=N–C) groups is 1. The molecule has 2 nitrogen and oxygen atoms in total. The summed E-state index contributed by atoms with van der Waals surface area (Å²) in [6.07, 6.45) is 7.32. The van der Waals surface area contributed by atoms with Crippen molar-refractivity contribution in [1.82, 2.24) is 0 Å². The van der Waals surface area contributed by atoms with Crippen LogP contribution < -0.4 is 4.57 Å². The number of aromatic nitrogens is 1. The summed E-state index contributed by atoms with van der Waals surface area (Å²) in [6.45, 7) is 1.07. The van der Waals surface area contributed by atoms with Crippen molar-refractivity contribution in [3.8, 4) is 0 Å². The zero-order chi connectivity index (χ0) is 10.2. The fourth-order valence-electron chi connectivity index (χ4n) is 1.07. The molecule has 0 aromatic carbocycles. The molecule has 1 unspecified atom stereocenters. The summed E-state index contributed by atoms with van der Waals surface area (Å²) in [5, 5.41) is 0. The molecule has 0 saturated heterocycles. The van der Waals surface area contributed by atoms with Crippen LogP contribution >= 0.6 is 19.1 Å². The average Bonchev–Trinajstić information content (AvgIpc) is 3.01. The molecule has 0 spiro atoms. The topological polar surface area (TPSA) is 16.2 Å². The van der Waals surface area contributed by atoms with E-state index in [1.165, 1.54) is 0 Å². The van der Waals surface area contributed by atoms with Crippen LogP contribution in [0.1, 0.15) is 6.42 Å². The van der Waals surface area contributed by atoms with Crippen molar-refractivity contribution in [1.29, 1.82) is 0 Å². The van der Waals surface area contributed by atoms with Gasteiger partial charge in [0.2, 0.25) is 0 Å². The van der Waals surface area contributed by atoms with E-state index in [2.05, 4.69) is 22.0 Å². The van der Waals surface area contributed by atoms with Crippen LogP contribution in [0, 0.1) is 0 Å². The van der Waals surface area contributed by atoms with Crippen LogP contribution in [0.4, 0.5) is 0 Å². The first-order valence-electron chi connectivity index (χ1n) is 4.16. The molecule has 0 amide bonds. The van der Waals surface area contributed by atoms with Crippen LogP contribution in [0.5, 0.6) is 0 Å². The fourth-order valence-corrected chi connectivity index (χ4v) is 1.07. The molecule has 2 heterocycles. The molecule has 0 saturated carbocycles. The van der Waals surface area contributed by atoms with Gasteiger partial charge in [-0.3, -0.25) is 4.99 Å². The van der Waals surface area contributed by atoms with E-state index < -0.39 is 0 Å². The molecule has 80 valence electrons. The minimum atomic E-state index is -0.106. The van der Waals surface area contributed by atoms with Crippen LogP contribution in [0.15, 0.2) is 35.6 Å². The summed E-state index contributed by atoms with van der Waals surface area (Å²) < 4.78 is 2.18. The van der Waals surface area contributed by atoms with Crippen molar-refractivity contribution in [2.75, 3.05) is 0 Å². The predicted molar refractivity (Wildman–Crippen MR) is 55.2 cm³/mol. The van der Waals surface area contributed by atoms with Crippen LogP contribution in [-0.4, -0.2) is 12.3 Å². The Labute approximate surface area is 100 Å². The third kappa shape index (κ3) is 5.72. The first-order valence-corrected chi connectivity index (χ1v) is 8.17. The number of hydrogen-bond donors (Lipinski definition) is 0. The van der Waals surface area contributed by atoms with Gasteiger partial charge in [-0.25, -0.2) is 4.57 Å². The Morgan fingerprint density at radius 2 is 1.79 bits per heavy atom. The zero-order valence-corrected chi connectivity index (χ0v) is 10.5. The number of nitrogens with zero attached hydrogens (tertiary/aromatic N) is 2. The summed E-state index contributed by atoms with van der Waals surface area (Å²) >= 11 is -0.106. The summed E-state index contributed by atoms with van der Waals surface area (Å²) in [5.41, 5.74) is 0. The van der Waals surface area contributed by atoms with E-state index in [0.29, 0.717) is 6.04 Å². The second kappa shape index (κ2) is 7.37. The Morgan fingerprint density at radius 3 is 2.29 bits per heavy atom. The van der Waals surface area contributed by atoms with E-state index >= 15 is 0 Å². The van der Waals surface area contributed by atoms with Crippen molar-refractivity contribution in [3.63, 3.8) is 0 Å². The standard InChI is InChI=1S/C9H11N2.2ClH.Pd/c1-2-5-11(6-3-1)7-4-9-8-10-9;;;/h1-3,5-6,8-9H,4,7H2;2*1H;/q+1;;;+2/p-2. The summed E-state index contributed by atoms with van der Waals surface area (Å²) in [4.78, 5) is 4.08. The van der Waals surface area contributed by atoms with Crippen molar-refractivity contribution >= 4 is 25.3 Å². The maximum absolute atomic E-state index is 4.81. The molecule has 1 atom stereocenters. The van der Waals surface area contributed by atoms with Crippen LogP contribution in [0.2, 0.25) is 0 Å². The molecule has 1 aliphatic heterocycles. The molecular weight excluding hydrogens is 313 g/mol. The van der Waals surface area contributed by atoms with Crippen molar-refractivity contribution in [2.24, 2.45) is 4.99 Å². The van der Waals surface area contributed by atoms with Crippen LogP contribution in [-0.2, 0) is 22.5 Å². The molecule has 0 aliphatic carbocycles. The van der Waals surface area contributed by atoms with Crippen molar-refractivity contribution in [3.05, 3.63) is 30.6 Å². The molecular formula is C9H11Cl2N2Pd+. The average molecular weight is 325 g/mol. The molecule has 0 N–H and O–H groups in total. The molecule has 2 rings (SSSR count). The van der Waals surface area contributed by atoms with Gasteiger partial charge in [-0.2, -0.15) is 0 Å². The SMILES string of the molecule is C1=NC1CC[n+]1ccccc1.[Cl][Pd][Cl]. The van der Waals surface area contributed by atoms with Gasteiger partial charge < -0.3 is 0 Å². The fraction of sp³-hybridized carbons (Fsp3) is 0.333. The summed E-state index contributed by atoms with van der Waals surface area (Å²) in [7, 11) is 9.63. The number of rotatable bonds is 3. The Kier molecular flexibility index (Phi) is 6.38. The third-order valence-corrected chi connectivity index (χ3v) is 1.82. The summed E-state index contributed by atoms with van der Waals surface area (Å²) in [6, 6.07) is 6.67. The Morgan fingerprint density at radius 1 is 1.21 bits per heavy atom. The van der Waals surface area contributed by atoms with Crippen molar-refractivity contribution in [2.45, 2.75) is 19.0 Å². The van der Waals surface area contributed by atoms with Gasteiger partial charge >= 0.3 is 35.0 Å². The van der Waals surface area contributed by atoms with E-state index in [1.807, 2.05) is 24.4 Å². The van der Waals surface area contributed by atoms with Gasteiger partial charge in [0, 0.05) is 24.8 Å². The van der Waals surface area contributed by atoms with Gasteiger partial charge in [0.1, 0.15) is 0 Å². The number of aryl methyl sites for hydroxylation is 1. The molecule has 0 radical (unpaired) electrons. The van der Waals surface area contributed by atoms with Gasteiger partial charge in [-0.05, 0) is 0 Å². The minimum absolute atomic E-state index is 0.106. The Hall–Kier alpha value is 0.0623. The third-order valence-electron chi connectivity index (χ3n) is 1.82. The first kappa shape index (κ1) is 12.1. The molecule has 1 aromatic rings. The Bertz CT molecular complexity index is 273. The quantitative estimate of drug-likeness (QED) is 0.599. The predicted octanol–water partition coefficient (Wildman–Crippen LogP) is 2.19. The van der Waals surface area contributed by atoms with Gasteiger partial charge in [0.25, 0.3) is 0 Å². The van der Waals surface area contributed by atoms with Crippen LogP contribution in [0.25, 0.3) is 0 Å². The second-order valence-electron chi connectivity index (χ2n) is 2.81. The molecule has 14 heavy (non-hydrogen) atoms. The summed E-state index contributed by atoms with van der Waals surface area (Å²) in [5.74, 6) is 0. The van der Waals surface area contributed by atoms with E-state index in [4.69, 9.17) is 19.1 Å². The van der Waals surface area contributed by atoms with Gasteiger partial charge in [0.15, 0.2) is 18.9 Å². The van der Waals surface area contributed by atoms with Crippen molar-refractivity contribution < 1.29 is 20.5 Å². The molecule has 0 fully saturated rings. The molecule has 5 heteroatoms. The monoisotopic (exact) mass is 323 g/mol. The second-order valence-corrected chi connectivity index (χ2v) is 5.17. The van der Waals surface area contributed by atoms with Crippen LogP contribution in [0.3, 0.4) is 0 Å². The normalized spacial score (nSPS) is 17.4. The van der Waals surface area contributed by atoms with Gasteiger partial charge in [-0.15, -0.1) is 0 Å². The molecule has 1 aromatic heterocycles. The van der Waals surface area contributed by atoms with Gasteiger partial charge in [-0.1, -0.05) is 6.07 Å². The first-order chi connectivity index (χ1) is 6.86. The zero-order valence-electron chi connectivity index (χ0n) is 7.42. The molecule has 1 aliphatic rings. The number of hydrogen-bond acceptors (Lipinski definition) is 1.